The predicted octanol–water partition coefficient (Wildman–Crippen LogP) is 2.10. The van der Waals surface area contributed by atoms with Crippen LogP contribution in [0.15, 0.2) is 24.3 Å². The SMILES string of the molecule is COc1ccc(C2(C(=O)N[C@@H](C)C(=O)O)CCCC2)cc1. The lowest BCUT2D eigenvalue weighted by Gasteiger charge is -2.29. The van der Waals surface area contributed by atoms with Gasteiger partial charge in [0.2, 0.25) is 5.91 Å². The van der Waals surface area contributed by atoms with E-state index < -0.39 is 17.4 Å². The highest BCUT2D eigenvalue weighted by molar-refractivity contribution is 5.91. The molecule has 1 saturated carbocycles. The summed E-state index contributed by atoms with van der Waals surface area (Å²) >= 11 is 0. The molecule has 1 aromatic carbocycles. The summed E-state index contributed by atoms with van der Waals surface area (Å²) in [5.41, 5.74) is 0.312. The molecular weight excluding hydrogens is 270 g/mol. The maximum absolute atomic E-state index is 12.6. The van der Waals surface area contributed by atoms with Crippen molar-refractivity contribution in [3.8, 4) is 5.75 Å². The first kappa shape index (κ1) is 15.4. The van der Waals surface area contributed by atoms with E-state index in [-0.39, 0.29) is 5.91 Å². The summed E-state index contributed by atoms with van der Waals surface area (Å²) in [6, 6.07) is 6.59. The third-order valence-corrected chi connectivity index (χ3v) is 4.25. The number of hydrogen-bond acceptors (Lipinski definition) is 3. The van der Waals surface area contributed by atoms with Gasteiger partial charge in [-0.3, -0.25) is 9.59 Å². The molecule has 1 atom stereocenters. The Morgan fingerprint density at radius 3 is 2.29 bits per heavy atom. The zero-order valence-electron chi connectivity index (χ0n) is 12.4. The number of carboxylic acid groups (broad SMARTS) is 1. The van der Waals surface area contributed by atoms with Crippen LogP contribution in [0.5, 0.6) is 5.75 Å². The van der Waals surface area contributed by atoms with Gasteiger partial charge in [-0.25, -0.2) is 0 Å². The summed E-state index contributed by atoms with van der Waals surface area (Å²) in [5.74, 6) is -0.475. The molecule has 0 aliphatic heterocycles. The number of rotatable bonds is 5. The van der Waals surface area contributed by atoms with Gasteiger partial charge in [-0.05, 0) is 37.5 Å². The van der Waals surface area contributed by atoms with Crippen LogP contribution in [0, 0.1) is 0 Å². The molecule has 5 nitrogen and oxygen atoms in total. The van der Waals surface area contributed by atoms with Crippen LogP contribution in [0.3, 0.4) is 0 Å². The molecule has 2 rings (SSSR count). The third-order valence-electron chi connectivity index (χ3n) is 4.25. The van der Waals surface area contributed by atoms with Crippen LogP contribution in [0.25, 0.3) is 0 Å². The number of carbonyl (C=O) groups is 2. The second-order valence-electron chi connectivity index (χ2n) is 5.55. The number of benzene rings is 1. The van der Waals surface area contributed by atoms with Crippen LogP contribution >= 0.6 is 0 Å². The Hall–Kier alpha value is -2.04. The van der Waals surface area contributed by atoms with E-state index in [0.29, 0.717) is 0 Å². The van der Waals surface area contributed by atoms with E-state index in [0.717, 1.165) is 37.0 Å². The zero-order chi connectivity index (χ0) is 15.5. The second-order valence-corrected chi connectivity index (χ2v) is 5.55. The fourth-order valence-corrected chi connectivity index (χ4v) is 2.93. The van der Waals surface area contributed by atoms with Gasteiger partial charge < -0.3 is 15.2 Å². The first-order chi connectivity index (χ1) is 9.99. The first-order valence-electron chi connectivity index (χ1n) is 7.18. The number of hydrogen-bond donors (Lipinski definition) is 2. The molecule has 1 fully saturated rings. The third kappa shape index (κ3) is 3.01. The molecule has 5 heteroatoms. The molecule has 2 N–H and O–H groups in total. The predicted molar refractivity (Wildman–Crippen MR) is 78.4 cm³/mol. The minimum absolute atomic E-state index is 0.194. The Bertz CT molecular complexity index is 518. The van der Waals surface area contributed by atoms with Crippen molar-refractivity contribution < 1.29 is 19.4 Å². The van der Waals surface area contributed by atoms with Gasteiger partial charge >= 0.3 is 5.97 Å². The molecule has 1 aromatic rings. The summed E-state index contributed by atoms with van der Waals surface area (Å²) in [4.78, 5) is 23.6. The number of ether oxygens (including phenoxy) is 1. The van der Waals surface area contributed by atoms with Crippen molar-refractivity contribution in [3.63, 3.8) is 0 Å². The molecule has 0 spiro atoms. The van der Waals surface area contributed by atoms with E-state index in [1.165, 1.54) is 6.92 Å². The molecule has 0 bridgehead atoms. The minimum atomic E-state index is -1.02. The number of carbonyl (C=O) groups excluding carboxylic acids is 1. The summed E-state index contributed by atoms with van der Waals surface area (Å²) in [6.45, 7) is 1.48. The largest absolute Gasteiger partial charge is 0.497 e. The lowest BCUT2D eigenvalue weighted by molar-refractivity contribution is -0.142. The first-order valence-corrected chi connectivity index (χ1v) is 7.18. The standard InChI is InChI=1S/C16H21NO4/c1-11(14(18)19)17-15(20)16(9-3-4-10-16)12-5-7-13(21-2)8-6-12/h5-8,11H,3-4,9-10H2,1-2H3,(H,17,20)(H,18,19)/t11-/m0/s1. The van der Waals surface area contributed by atoms with E-state index in [1.807, 2.05) is 24.3 Å². The zero-order valence-corrected chi connectivity index (χ0v) is 12.4. The van der Waals surface area contributed by atoms with Gasteiger partial charge in [-0.2, -0.15) is 0 Å². The highest BCUT2D eigenvalue weighted by Gasteiger charge is 2.43. The second kappa shape index (κ2) is 6.16. The summed E-state index contributed by atoms with van der Waals surface area (Å²) < 4.78 is 5.14. The van der Waals surface area contributed by atoms with Crippen molar-refractivity contribution in [3.05, 3.63) is 29.8 Å². The quantitative estimate of drug-likeness (QED) is 0.871. The number of methoxy groups -OCH3 is 1. The summed E-state index contributed by atoms with van der Waals surface area (Å²) in [7, 11) is 1.60. The minimum Gasteiger partial charge on any atom is -0.497 e. The number of amides is 1. The Balaban J connectivity index is 2.27. The van der Waals surface area contributed by atoms with E-state index in [1.54, 1.807) is 7.11 Å². The molecule has 0 aromatic heterocycles. The van der Waals surface area contributed by atoms with Crippen LogP contribution in [0.1, 0.15) is 38.2 Å². The summed E-state index contributed by atoms with van der Waals surface area (Å²) in [5, 5.41) is 11.6. The Morgan fingerprint density at radius 1 is 1.24 bits per heavy atom. The Kier molecular flexibility index (Phi) is 4.50. The van der Waals surface area contributed by atoms with Gasteiger partial charge in [-0.1, -0.05) is 25.0 Å². The van der Waals surface area contributed by atoms with Crippen LogP contribution in [0.4, 0.5) is 0 Å². The van der Waals surface area contributed by atoms with Crippen molar-refractivity contribution in [2.45, 2.75) is 44.1 Å². The van der Waals surface area contributed by atoms with E-state index in [4.69, 9.17) is 9.84 Å². The van der Waals surface area contributed by atoms with Gasteiger partial charge in [0.15, 0.2) is 0 Å². The molecule has 21 heavy (non-hydrogen) atoms. The number of aliphatic carboxylic acids is 1. The molecule has 0 radical (unpaired) electrons. The average Bonchev–Trinajstić information content (AvgIpc) is 2.98. The van der Waals surface area contributed by atoms with Crippen LogP contribution < -0.4 is 10.1 Å². The maximum Gasteiger partial charge on any atom is 0.325 e. The van der Waals surface area contributed by atoms with Gasteiger partial charge in [0, 0.05) is 0 Å². The van der Waals surface area contributed by atoms with Crippen LogP contribution in [-0.2, 0) is 15.0 Å². The van der Waals surface area contributed by atoms with Crippen LogP contribution in [-0.4, -0.2) is 30.1 Å². The summed E-state index contributed by atoms with van der Waals surface area (Å²) in [6.07, 6.45) is 3.44. The smallest absolute Gasteiger partial charge is 0.325 e. The topological polar surface area (TPSA) is 75.6 Å². The average molecular weight is 291 g/mol. The molecule has 0 unspecified atom stereocenters. The van der Waals surface area contributed by atoms with Crippen molar-refractivity contribution in [1.29, 1.82) is 0 Å². The van der Waals surface area contributed by atoms with Gasteiger partial charge in [0.05, 0.1) is 12.5 Å². The molecule has 1 aliphatic carbocycles. The number of nitrogens with one attached hydrogen (secondary N) is 1. The molecular formula is C16H21NO4. The highest BCUT2D eigenvalue weighted by atomic mass is 16.5. The highest BCUT2D eigenvalue weighted by Crippen LogP contribution is 2.41. The lowest BCUT2D eigenvalue weighted by atomic mass is 9.78. The monoisotopic (exact) mass is 291 g/mol. The molecule has 114 valence electrons. The lowest BCUT2D eigenvalue weighted by Crippen LogP contribution is -2.48. The number of carboxylic acids is 1. The maximum atomic E-state index is 12.6. The van der Waals surface area contributed by atoms with Gasteiger partial charge in [0.1, 0.15) is 11.8 Å². The molecule has 0 heterocycles. The van der Waals surface area contributed by atoms with Gasteiger partial charge in [0.25, 0.3) is 0 Å². The van der Waals surface area contributed by atoms with Crippen molar-refractivity contribution in [2.24, 2.45) is 0 Å². The van der Waals surface area contributed by atoms with E-state index in [2.05, 4.69) is 5.32 Å². The fraction of sp³-hybridized carbons (Fsp3) is 0.500. The normalized spacial score (nSPS) is 18.0. The van der Waals surface area contributed by atoms with E-state index in [9.17, 15) is 9.59 Å². The molecule has 1 aliphatic rings. The fourth-order valence-electron chi connectivity index (χ4n) is 2.93. The van der Waals surface area contributed by atoms with Crippen molar-refractivity contribution >= 4 is 11.9 Å². The van der Waals surface area contributed by atoms with Crippen molar-refractivity contribution in [1.82, 2.24) is 5.32 Å². The van der Waals surface area contributed by atoms with Gasteiger partial charge in [-0.15, -0.1) is 0 Å². The van der Waals surface area contributed by atoms with Crippen molar-refractivity contribution in [2.75, 3.05) is 7.11 Å². The molecule has 0 saturated heterocycles. The molecule has 1 amide bonds. The Labute approximate surface area is 124 Å². The van der Waals surface area contributed by atoms with E-state index >= 15 is 0 Å². The Morgan fingerprint density at radius 2 is 1.81 bits per heavy atom. The van der Waals surface area contributed by atoms with Crippen LogP contribution in [0.2, 0.25) is 0 Å².